The number of amides is 2. The quantitative estimate of drug-likeness (QED) is 0.342. The Hall–Kier alpha value is -3.07. The first kappa shape index (κ1) is 26.5. The fourth-order valence-electron chi connectivity index (χ4n) is 3.72. The molecule has 2 aromatic carbocycles. The molecule has 0 radical (unpaired) electrons. The number of benzene rings is 2. The van der Waals surface area contributed by atoms with Gasteiger partial charge in [-0.2, -0.15) is 5.10 Å². The molecule has 0 aliphatic carbocycles. The van der Waals surface area contributed by atoms with Crippen LogP contribution in [0, 0.1) is 0 Å². The average molecular weight is 502 g/mol. The van der Waals surface area contributed by atoms with Crippen LogP contribution in [-0.4, -0.2) is 41.1 Å². The first-order valence-corrected chi connectivity index (χ1v) is 12.7. The molecule has 1 aliphatic heterocycles. The highest BCUT2D eigenvalue weighted by Gasteiger charge is 2.30. The zero-order chi connectivity index (χ0) is 25.2. The molecule has 0 spiro atoms. The van der Waals surface area contributed by atoms with Gasteiger partial charge < -0.3 is 14.8 Å². The first-order chi connectivity index (χ1) is 17.0. The summed E-state index contributed by atoms with van der Waals surface area (Å²) in [5, 5.41) is 8.80. The van der Waals surface area contributed by atoms with Gasteiger partial charge >= 0.3 is 5.24 Å². The molecule has 7 nitrogen and oxygen atoms in total. The SMILES string of the molecule is CCCCCC(=O)Nc1ccc(CN2N=C(c3ccc(OCF)c(OC)c3)C(CC)SC2=O)cc1. The average Bonchev–Trinajstić information content (AvgIpc) is 2.86. The number of unbranched alkanes of at least 4 members (excludes halogenated alkanes) is 2. The van der Waals surface area contributed by atoms with E-state index in [1.165, 1.54) is 23.9 Å². The summed E-state index contributed by atoms with van der Waals surface area (Å²) >= 11 is 1.23. The highest BCUT2D eigenvalue weighted by Crippen LogP contribution is 2.34. The largest absolute Gasteiger partial charge is 0.493 e. The topological polar surface area (TPSA) is 80.2 Å². The lowest BCUT2D eigenvalue weighted by molar-refractivity contribution is -0.116. The number of nitrogens with zero attached hydrogens (tertiary/aromatic N) is 2. The van der Waals surface area contributed by atoms with Gasteiger partial charge in [0, 0.05) is 17.7 Å². The molecule has 2 amide bonds. The van der Waals surface area contributed by atoms with Crippen LogP contribution >= 0.6 is 11.8 Å². The molecule has 0 bridgehead atoms. The van der Waals surface area contributed by atoms with E-state index >= 15 is 0 Å². The van der Waals surface area contributed by atoms with E-state index in [2.05, 4.69) is 17.3 Å². The second-order valence-electron chi connectivity index (χ2n) is 8.14. The zero-order valence-electron chi connectivity index (χ0n) is 20.4. The van der Waals surface area contributed by atoms with Crippen molar-refractivity contribution in [3.8, 4) is 11.5 Å². The molecule has 35 heavy (non-hydrogen) atoms. The van der Waals surface area contributed by atoms with E-state index in [4.69, 9.17) is 9.47 Å². The molecule has 0 saturated carbocycles. The molecule has 188 valence electrons. The predicted octanol–water partition coefficient (Wildman–Crippen LogP) is 6.37. The molecular formula is C26H32FN3O4S. The van der Waals surface area contributed by atoms with Crippen LogP contribution in [0.2, 0.25) is 0 Å². The summed E-state index contributed by atoms with van der Waals surface area (Å²) < 4.78 is 23.0. The molecule has 0 aromatic heterocycles. The van der Waals surface area contributed by atoms with Crippen molar-refractivity contribution in [3.05, 3.63) is 53.6 Å². The Bertz CT molecular complexity index is 1050. The number of carbonyl (C=O) groups is 2. The molecule has 1 N–H and O–H groups in total. The highest BCUT2D eigenvalue weighted by molar-refractivity contribution is 8.14. The maximum atomic E-state index is 12.8. The van der Waals surface area contributed by atoms with Gasteiger partial charge in [-0.15, -0.1) is 0 Å². The minimum Gasteiger partial charge on any atom is -0.493 e. The number of ether oxygens (including phenoxy) is 2. The summed E-state index contributed by atoms with van der Waals surface area (Å²) in [6.45, 7) is 3.46. The summed E-state index contributed by atoms with van der Waals surface area (Å²) in [5.74, 6) is 0.715. The molecular weight excluding hydrogens is 469 g/mol. The third kappa shape index (κ3) is 7.21. The number of hydrogen-bond acceptors (Lipinski definition) is 6. The lowest BCUT2D eigenvalue weighted by Gasteiger charge is -2.28. The van der Waals surface area contributed by atoms with Crippen molar-refractivity contribution in [1.82, 2.24) is 5.01 Å². The second-order valence-corrected chi connectivity index (χ2v) is 9.30. The van der Waals surface area contributed by atoms with Gasteiger partial charge in [-0.05, 0) is 48.7 Å². The highest BCUT2D eigenvalue weighted by atomic mass is 32.2. The number of alkyl halides is 1. The Morgan fingerprint density at radius 1 is 1.14 bits per heavy atom. The van der Waals surface area contributed by atoms with Crippen LogP contribution in [0.1, 0.15) is 57.1 Å². The number of carbonyl (C=O) groups excluding carboxylic acids is 2. The van der Waals surface area contributed by atoms with Crippen LogP contribution in [-0.2, 0) is 11.3 Å². The predicted molar refractivity (Wildman–Crippen MR) is 138 cm³/mol. The van der Waals surface area contributed by atoms with Gasteiger partial charge in [-0.25, -0.2) is 9.40 Å². The van der Waals surface area contributed by atoms with Crippen molar-refractivity contribution >= 4 is 34.3 Å². The van der Waals surface area contributed by atoms with E-state index in [0.29, 0.717) is 24.5 Å². The molecule has 1 unspecified atom stereocenters. The van der Waals surface area contributed by atoms with Gasteiger partial charge in [0.15, 0.2) is 11.5 Å². The standard InChI is InChI=1S/C26H32FN3O4S/c1-4-6-7-8-24(31)28-20-12-9-18(10-13-20)16-30-26(32)35-23(5-2)25(29-30)19-11-14-21(34-17-27)22(15-19)33-3/h9-15,23H,4-8,16-17H2,1-3H3,(H,28,31). The van der Waals surface area contributed by atoms with Gasteiger partial charge in [-0.1, -0.05) is 50.6 Å². The van der Waals surface area contributed by atoms with Crippen LogP contribution in [0.4, 0.5) is 14.9 Å². The lowest BCUT2D eigenvalue weighted by Crippen LogP contribution is -2.34. The second kappa shape index (κ2) is 13.1. The summed E-state index contributed by atoms with van der Waals surface area (Å²) in [4.78, 5) is 24.8. The van der Waals surface area contributed by atoms with Gasteiger partial charge in [0.2, 0.25) is 12.8 Å². The molecule has 9 heteroatoms. The number of thioether (sulfide) groups is 1. The summed E-state index contributed by atoms with van der Waals surface area (Å²) in [5.41, 5.74) is 3.15. The number of hydrogen-bond donors (Lipinski definition) is 1. The first-order valence-electron chi connectivity index (χ1n) is 11.8. The number of hydrazone groups is 1. The number of halogens is 1. The van der Waals surface area contributed by atoms with E-state index in [0.717, 1.165) is 48.2 Å². The molecule has 1 heterocycles. The van der Waals surface area contributed by atoms with E-state index in [1.807, 2.05) is 31.2 Å². The Balaban J connectivity index is 1.75. The maximum Gasteiger partial charge on any atom is 0.302 e. The Morgan fingerprint density at radius 3 is 2.57 bits per heavy atom. The Labute approximate surface area is 210 Å². The fourth-order valence-corrected chi connectivity index (χ4v) is 4.66. The number of rotatable bonds is 12. The van der Waals surface area contributed by atoms with Crippen LogP contribution in [0.3, 0.4) is 0 Å². The Morgan fingerprint density at radius 2 is 1.91 bits per heavy atom. The van der Waals surface area contributed by atoms with Gasteiger partial charge in [-0.3, -0.25) is 9.59 Å². The van der Waals surface area contributed by atoms with Crippen LogP contribution < -0.4 is 14.8 Å². The van der Waals surface area contributed by atoms with Crippen molar-refractivity contribution in [1.29, 1.82) is 0 Å². The van der Waals surface area contributed by atoms with E-state index in [-0.39, 0.29) is 16.4 Å². The van der Waals surface area contributed by atoms with E-state index < -0.39 is 6.86 Å². The molecule has 0 fully saturated rings. The molecule has 3 rings (SSSR count). The lowest BCUT2D eigenvalue weighted by atomic mass is 10.0. The van der Waals surface area contributed by atoms with Crippen LogP contribution in [0.15, 0.2) is 47.6 Å². The van der Waals surface area contributed by atoms with Crippen molar-refractivity contribution in [2.45, 2.75) is 57.7 Å². The molecule has 1 atom stereocenters. The van der Waals surface area contributed by atoms with Gasteiger partial charge in [0.1, 0.15) is 0 Å². The zero-order valence-corrected chi connectivity index (χ0v) is 21.2. The monoisotopic (exact) mass is 501 g/mol. The number of anilines is 1. The number of methoxy groups -OCH3 is 1. The molecule has 2 aromatic rings. The van der Waals surface area contributed by atoms with Gasteiger partial charge in [0.05, 0.1) is 24.6 Å². The molecule has 0 saturated heterocycles. The smallest absolute Gasteiger partial charge is 0.302 e. The fraction of sp³-hybridized carbons (Fsp3) is 0.423. The van der Waals surface area contributed by atoms with Crippen LogP contribution in [0.5, 0.6) is 11.5 Å². The van der Waals surface area contributed by atoms with Crippen molar-refractivity contribution in [3.63, 3.8) is 0 Å². The van der Waals surface area contributed by atoms with Crippen molar-refractivity contribution < 1.29 is 23.5 Å². The summed E-state index contributed by atoms with van der Waals surface area (Å²) in [7, 11) is 1.49. The van der Waals surface area contributed by atoms with E-state index in [9.17, 15) is 14.0 Å². The third-order valence-corrected chi connectivity index (χ3v) is 6.86. The maximum absolute atomic E-state index is 12.8. The minimum atomic E-state index is -0.951. The van der Waals surface area contributed by atoms with Gasteiger partial charge in [0.25, 0.3) is 0 Å². The van der Waals surface area contributed by atoms with E-state index in [1.54, 1.807) is 18.2 Å². The van der Waals surface area contributed by atoms with Crippen molar-refractivity contribution in [2.24, 2.45) is 5.10 Å². The normalized spacial score (nSPS) is 15.5. The van der Waals surface area contributed by atoms with Crippen molar-refractivity contribution in [2.75, 3.05) is 19.3 Å². The summed E-state index contributed by atoms with van der Waals surface area (Å²) in [6, 6.07) is 12.6. The minimum absolute atomic E-state index is 0.00650. The number of nitrogens with one attached hydrogen (secondary N) is 1. The Kier molecular flexibility index (Phi) is 9.96. The molecule has 1 aliphatic rings. The summed E-state index contributed by atoms with van der Waals surface area (Å²) in [6.07, 6.45) is 4.23. The van der Waals surface area contributed by atoms with Crippen LogP contribution in [0.25, 0.3) is 0 Å². The third-order valence-electron chi connectivity index (χ3n) is 5.60.